The molecular weight excluding hydrogens is 324 g/mol. The number of carbonyl (C=O) groups is 1. The van der Waals surface area contributed by atoms with Crippen molar-refractivity contribution < 1.29 is 23.8 Å². The first-order valence-electron chi connectivity index (χ1n) is 7.42. The number of nitrogens with two attached hydrogens (primary N) is 1. The maximum atomic E-state index is 12.2. The van der Waals surface area contributed by atoms with Crippen molar-refractivity contribution in [2.45, 2.75) is 6.92 Å². The van der Waals surface area contributed by atoms with Crippen LogP contribution in [0.1, 0.15) is 21.5 Å². The van der Waals surface area contributed by atoms with Gasteiger partial charge in [0.05, 0.1) is 26.9 Å². The fraction of sp³-hybridized carbons (Fsp3) is 0.222. The van der Waals surface area contributed by atoms with Gasteiger partial charge >= 0.3 is 5.97 Å². The summed E-state index contributed by atoms with van der Waals surface area (Å²) in [7, 11) is 4.39. The molecular formula is C18H20N2O5. The molecule has 2 aromatic rings. The molecule has 7 heteroatoms. The van der Waals surface area contributed by atoms with Crippen LogP contribution < -0.4 is 19.9 Å². The van der Waals surface area contributed by atoms with E-state index < -0.39 is 5.97 Å². The van der Waals surface area contributed by atoms with Crippen molar-refractivity contribution in [2.24, 2.45) is 10.9 Å². The molecule has 7 nitrogen and oxygen atoms in total. The first-order chi connectivity index (χ1) is 12.0. The van der Waals surface area contributed by atoms with Gasteiger partial charge in [0.25, 0.3) is 0 Å². The Hall–Kier alpha value is -3.22. The van der Waals surface area contributed by atoms with Crippen molar-refractivity contribution in [1.29, 1.82) is 0 Å². The average Bonchev–Trinajstić information content (AvgIpc) is 2.64. The lowest BCUT2D eigenvalue weighted by molar-refractivity contribution is 0.0515. The highest BCUT2D eigenvalue weighted by molar-refractivity contribution is 5.98. The van der Waals surface area contributed by atoms with Crippen LogP contribution in [0.25, 0.3) is 0 Å². The van der Waals surface area contributed by atoms with Gasteiger partial charge in [0, 0.05) is 5.56 Å². The average molecular weight is 344 g/mol. The maximum absolute atomic E-state index is 12.2. The zero-order valence-corrected chi connectivity index (χ0v) is 14.5. The Bertz CT molecular complexity index is 760. The number of amidine groups is 1. The molecule has 0 bridgehead atoms. The van der Waals surface area contributed by atoms with Crippen LogP contribution in [0.2, 0.25) is 0 Å². The van der Waals surface area contributed by atoms with E-state index in [1.807, 2.05) is 19.1 Å². The van der Waals surface area contributed by atoms with E-state index in [0.29, 0.717) is 22.8 Å². The molecule has 2 rings (SSSR count). The molecule has 0 heterocycles. The Labute approximate surface area is 145 Å². The van der Waals surface area contributed by atoms with Crippen LogP contribution in [0.5, 0.6) is 17.2 Å². The number of oxime groups is 1. The van der Waals surface area contributed by atoms with E-state index >= 15 is 0 Å². The quantitative estimate of drug-likeness (QED) is 0.375. The van der Waals surface area contributed by atoms with Crippen molar-refractivity contribution in [3.05, 3.63) is 53.1 Å². The van der Waals surface area contributed by atoms with Crippen LogP contribution in [0.3, 0.4) is 0 Å². The van der Waals surface area contributed by atoms with Gasteiger partial charge in [0.15, 0.2) is 17.3 Å². The second-order valence-corrected chi connectivity index (χ2v) is 5.14. The standard InChI is InChI=1S/C18H20N2O5/c1-11-5-7-12(8-6-11)17(19)20-25-18(21)13-9-14(22-2)16(24-4)15(10-13)23-3/h5-10H,1-4H3,(H2,19,20). The lowest BCUT2D eigenvalue weighted by atomic mass is 10.1. The van der Waals surface area contributed by atoms with E-state index in [2.05, 4.69) is 5.16 Å². The van der Waals surface area contributed by atoms with Gasteiger partial charge < -0.3 is 24.8 Å². The highest BCUT2D eigenvalue weighted by Gasteiger charge is 2.18. The minimum Gasteiger partial charge on any atom is -0.493 e. The second-order valence-electron chi connectivity index (χ2n) is 5.14. The zero-order chi connectivity index (χ0) is 18.4. The van der Waals surface area contributed by atoms with Crippen molar-refractivity contribution in [3.8, 4) is 17.2 Å². The molecule has 2 aromatic carbocycles. The van der Waals surface area contributed by atoms with Crippen molar-refractivity contribution in [2.75, 3.05) is 21.3 Å². The number of carbonyl (C=O) groups excluding carboxylic acids is 1. The van der Waals surface area contributed by atoms with Gasteiger partial charge in [0.2, 0.25) is 5.75 Å². The normalized spacial score (nSPS) is 11.0. The smallest absolute Gasteiger partial charge is 0.366 e. The molecule has 0 spiro atoms. The summed E-state index contributed by atoms with van der Waals surface area (Å²) < 4.78 is 15.6. The summed E-state index contributed by atoms with van der Waals surface area (Å²) in [6.07, 6.45) is 0. The van der Waals surface area contributed by atoms with Gasteiger partial charge in [-0.15, -0.1) is 0 Å². The van der Waals surface area contributed by atoms with Crippen molar-refractivity contribution in [3.63, 3.8) is 0 Å². The molecule has 0 amide bonds. The molecule has 0 aliphatic heterocycles. The van der Waals surface area contributed by atoms with Crippen LogP contribution in [-0.2, 0) is 4.84 Å². The Kier molecular flexibility index (Phi) is 5.84. The summed E-state index contributed by atoms with van der Waals surface area (Å²) in [5.74, 6) is 0.452. The molecule has 132 valence electrons. The molecule has 0 fully saturated rings. The predicted molar refractivity (Wildman–Crippen MR) is 93.4 cm³/mol. The lowest BCUT2D eigenvalue weighted by Gasteiger charge is -2.13. The van der Waals surface area contributed by atoms with E-state index in [1.165, 1.54) is 33.5 Å². The summed E-state index contributed by atoms with van der Waals surface area (Å²) >= 11 is 0. The van der Waals surface area contributed by atoms with E-state index in [0.717, 1.165) is 5.56 Å². The highest BCUT2D eigenvalue weighted by Crippen LogP contribution is 2.38. The first-order valence-corrected chi connectivity index (χ1v) is 7.42. The number of aryl methyl sites for hydroxylation is 1. The van der Waals surface area contributed by atoms with Gasteiger partial charge in [0.1, 0.15) is 0 Å². The van der Waals surface area contributed by atoms with Crippen LogP contribution in [0.15, 0.2) is 41.6 Å². The summed E-state index contributed by atoms with van der Waals surface area (Å²) in [4.78, 5) is 17.2. The summed E-state index contributed by atoms with van der Waals surface area (Å²) in [6.45, 7) is 1.96. The third-order valence-corrected chi connectivity index (χ3v) is 3.47. The number of nitrogens with zero attached hydrogens (tertiary/aromatic N) is 1. The van der Waals surface area contributed by atoms with Crippen molar-refractivity contribution >= 4 is 11.8 Å². The number of hydrogen-bond acceptors (Lipinski definition) is 6. The van der Waals surface area contributed by atoms with Gasteiger partial charge in [-0.25, -0.2) is 4.79 Å². The Morgan fingerprint density at radius 3 is 1.96 bits per heavy atom. The molecule has 0 saturated carbocycles. The van der Waals surface area contributed by atoms with Gasteiger partial charge in [-0.1, -0.05) is 35.0 Å². The number of methoxy groups -OCH3 is 3. The van der Waals surface area contributed by atoms with Crippen LogP contribution in [0, 0.1) is 6.92 Å². The zero-order valence-electron chi connectivity index (χ0n) is 14.5. The van der Waals surface area contributed by atoms with Crippen molar-refractivity contribution in [1.82, 2.24) is 0 Å². The summed E-state index contributed by atoms with van der Waals surface area (Å²) in [6, 6.07) is 10.3. The third kappa shape index (κ3) is 4.20. The Morgan fingerprint density at radius 2 is 1.48 bits per heavy atom. The Balaban J connectivity index is 2.23. The van der Waals surface area contributed by atoms with E-state index in [1.54, 1.807) is 12.1 Å². The third-order valence-electron chi connectivity index (χ3n) is 3.47. The van der Waals surface area contributed by atoms with E-state index in [4.69, 9.17) is 24.8 Å². The number of rotatable bonds is 6. The molecule has 0 aliphatic carbocycles. The molecule has 0 saturated heterocycles. The number of benzene rings is 2. The number of hydrogen-bond donors (Lipinski definition) is 1. The van der Waals surface area contributed by atoms with Gasteiger partial charge in [-0.05, 0) is 19.1 Å². The van der Waals surface area contributed by atoms with Crippen LogP contribution >= 0.6 is 0 Å². The molecule has 2 N–H and O–H groups in total. The predicted octanol–water partition coefficient (Wildman–Crippen LogP) is 2.50. The molecule has 0 atom stereocenters. The van der Waals surface area contributed by atoms with Crippen LogP contribution in [-0.4, -0.2) is 33.1 Å². The number of ether oxygens (including phenoxy) is 3. The van der Waals surface area contributed by atoms with Gasteiger partial charge in [-0.2, -0.15) is 0 Å². The summed E-state index contributed by atoms with van der Waals surface area (Å²) in [5, 5.41) is 3.69. The lowest BCUT2D eigenvalue weighted by Crippen LogP contribution is -2.15. The molecule has 0 radical (unpaired) electrons. The fourth-order valence-corrected chi connectivity index (χ4v) is 2.12. The molecule has 0 unspecified atom stereocenters. The Morgan fingerprint density at radius 1 is 0.920 bits per heavy atom. The van der Waals surface area contributed by atoms with E-state index in [-0.39, 0.29) is 11.4 Å². The monoisotopic (exact) mass is 344 g/mol. The fourth-order valence-electron chi connectivity index (χ4n) is 2.12. The topological polar surface area (TPSA) is 92.4 Å². The molecule has 0 aromatic heterocycles. The maximum Gasteiger partial charge on any atom is 0.366 e. The second kappa shape index (κ2) is 8.05. The van der Waals surface area contributed by atoms with Gasteiger partial charge in [-0.3, -0.25) is 0 Å². The highest BCUT2D eigenvalue weighted by atomic mass is 16.7. The SMILES string of the molecule is COc1cc(C(=O)O/N=C(/N)c2ccc(C)cc2)cc(OC)c1OC. The van der Waals surface area contributed by atoms with E-state index in [9.17, 15) is 4.79 Å². The van der Waals surface area contributed by atoms with Crippen LogP contribution in [0.4, 0.5) is 0 Å². The summed E-state index contributed by atoms with van der Waals surface area (Å²) in [5.41, 5.74) is 7.77. The molecule has 0 aliphatic rings. The first kappa shape index (κ1) is 18.1. The minimum absolute atomic E-state index is 0.0980. The largest absolute Gasteiger partial charge is 0.493 e. The minimum atomic E-state index is -0.700. The molecule has 25 heavy (non-hydrogen) atoms.